The van der Waals surface area contributed by atoms with E-state index in [9.17, 15) is 9.90 Å². The summed E-state index contributed by atoms with van der Waals surface area (Å²) < 4.78 is 0. The summed E-state index contributed by atoms with van der Waals surface area (Å²) in [6.45, 7) is 2.87. The van der Waals surface area contributed by atoms with Crippen LogP contribution in [0.3, 0.4) is 0 Å². The highest BCUT2D eigenvalue weighted by Crippen LogP contribution is 2.24. The zero-order valence-corrected chi connectivity index (χ0v) is 14.4. The van der Waals surface area contributed by atoms with Gasteiger partial charge in [-0.1, -0.05) is 36.4 Å². The van der Waals surface area contributed by atoms with Crippen molar-refractivity contribution in [1.29, 1.82) is 0 Å². The first kappa shape index (κ1) is 16.3. The molecule has 4 rings (SSSR count). The fourth-order valence-corrected chi connectivity index (χ4v) is 3.36. The summed E-state index contributed by atoms with van der Waals surface area (Å²) in [5, 5.41) is 14.6. The predicted octanol–water partition coefficient (Wildman–Crippen LogP) is 3.90. The van der Waals surface area contributed by atoms with Gasteiger partial charge in [0.15, 0.2) is 0 Å². The zero-order chi connectivity index (χ0) is 17.9. The first-order valence-electron chi connectivity index (χ1n) is 8.78. The molecule has 1 heterocycles. The number of fused-ring (bicyclic) bond motifs is 1. The molecule has 3 aromatic carbocycles. The standard InChI is InChI=1S/C21H21N3O2/c25-18-10-8-17(9-11-18)23-12-14-24(15-13-23)21(26)22-20-7-3-5-16-4-1-2-6-19(16)20/h1-11,25H,12-15H2,(H,22,26). The van der Waals surface area contributed by atoms with E-state index in [-0.39, 0.29) is 11.8 Å². The van der Waals surface area contributed by atoms with Crippen molar-refractivity contribution in [2.24, 2.45) is 0 Å². The van der Waals surface area contributed by atoms with E-state index in [1.54, 1.807) is 12.1 Å². The average molecular weight is 347 g/mol. The second kappa shape index (κ2) is 6.96. The third-order valence-corrected chi connectivity index (χ3v) is 4.81. The molecule has 1 saturated heterocycles. The smallest absolute Gasteiger partial charge is 0.321 e. The molecule has 1 fully saturated rings. The summed E-state index contributed by atoms with van der Waals surface area (Å²) in [6.07, 6.45) is 0. The molecule has 0 bridgehead atoms. The Hall–Kier alpha value is -3.21. The molecule has 2 N–H and O–H groups in total. The molecule has 5 heteroatoms. The summed E-state index contributed by atoms with van der Waals surface area (Å²) in [5.41, 5.74) is 1.91. The van der Waals surface area contributed by atoms with Gasteiger partial charge < -0.3 is 20.2 Å². The largest absolute Gasteiger partial charge is 0.508 e. The Balaban J connectivity index is 1.41. The average Bonchev–Trinajstić information content (AvgIpc) is 2.69. The van der Waals surface area contributed by atoms with Gasteiger partial charge in [-0.05, 0) is 35.7 Å². The van der Waals surface area contributed by atoms with Crippen molar-refractivity contribution >= 4 is 28.2 Å². The second-order valence-electron chi connectivity index (χ2n) is 6.45. The second-order valence-corrected chi connectivity index (χ2v) is 6.45. The number of nitrogens with one attached hydrogen (secondary N) is 1. The Morgan fingerprint density at radius 2 is 1.54 bits per heavy atom. The number of nitrogens with zero attached hydrogens (tertiary/aromatic N) is 2. The van der Waals surface area contributed by atoms with Crippen molar-refractivity contribution in [3.63, 3.8) is 0 Å². The van der Waals surface area contributed by atoms with E-state index < -0.39 is 0 Å². The third-order valence-electron chi connectivity index (χ3n) is 4.81. The van der Waals surface area contributed by atoms with E-state index in [0.29, 0.717) is 13.1 Å². The van der Waals surface area contributed by atoms with Crippen molar-refractivity contribution in [2.75, 3.05) is 36.4 Å². The van der Waals surface area contributed by atoms with Crippen LogP contribution in [0.4, 0.5) is 16.2 Å². The number of carbonyl (C=O) groups excluding carboxylic acids is 1. The van der Waals surface area contributed by atoms with Gasteiger partial charge in [-0.2, -0.15) is 0 Å². The summed E-state index contributed by atoms with van der Waals surface area (Å²) in [4.78, 5) is 16.7. The molecule has 0 spiro atoms. The molecule has 0 radical (unpaired) electrons. The Morgan fingerprint density at radius 1 is 0.846 bits per heavy atom. The molecule has 0 atom stereocenters. The Kier molecular flexibility index (Phi) is 4.35. The first-order valence-corrected chi connectivity index (χ1v) is 8.78. The molecular weight excluding hydrogens is 326 g/mol. The van der Waals surface area contributed by atoms with Crippen LogP contribution in [0.5, 0.6) is 5.75 Å². The molecule has 0 saturated carbocycles. The van der Waals surface area contributed by atoms with Crippen molar-refractivity contribution in [3.8, 4) is 5.75 Å². The number of urea groups is 1. The lowest BCUT2D eigenvalue weighted by atomic mass is 10.1. The molecule has 26 heavy (non-hydrogen) atoms. The lowest BCUT2D eigenvalue weighted by molar-refractivity contribution is 0.208. The van der Waals surface area contributed by atoms with E-state index in [1.807, 2.05) is 59.5 Å². The van der Waals surface area contributed by atoms with Crippen molar-refractivity contribution in [2.45, 2.75) is 0 Å². The monoisotopic (exact) mass is 347 g/mol. The van der Waals surface area contributed by atoms with Crippen LogP contribution in [-0.4, -0.2) is 42.2 Å². The maximum absolute atomic E-state index is 12.7. The van der Waals surface area contributed by atoms with Crippen LogP contribution in [0, 0.1) is 0 Å². The first-order chi connectivity index (χ1) is 12.7. The van der Waals surface area contributed by atoms with E-state index in [2.05, 4.69) is 10.2 Å². The number of phenolic OH excluding ortho intramolecular Hbond substituents is 1. The fourth-order valence-electron chi connectivity index (χ4n) is 3.36. The van der Waals surface area contributed by atoms with Crippen LogP contribution in [0.15, 0.2) is 66.7 Å². The maximum Gasteiger partial charge on any atom is 0.321 e. The van der Waals surface area contributed by atoms with E-state index in [4.69, 9.17) is 0 Å². The van der Waals surface area contributed by atoms with Gasteiger partial charge in [0.1, 0.15) is 5.75 Å². The van der Waals surface area contributed by atoms with Crippen LogP contribution in [0.1, 0.15) is 0 Å². The lowest BCUT2D eigenvalue weighted by Crippen LogP contribution is -2.50. The summed E-state index contributed by atoms with van der Waals surface area (Å²) >= 11 is 0. The van der Waals surface area contributed by atoms with E-state index in [0.717, 1.165) is 35.2 Å². The molecule has 0 aliphatic carbocycles. The number of rotatable bonds is 2. The third kappa shape index (κ3) is 3.28. The Labute approximate surface area is 152 Å². The van der Waals surface area contributed by atoms with Crippen LogP contribution in [-0.2, 0) is 0 Å². The minimum atomic E-state index is -0.0632. The Morgan fingerprint density at radius 3 is 2.31 bits per heavy atom. The van der Waals surface area contributed by atoms with Gasteiger partial charge in [0.2, 0.25) is 0 Å². The van der Waals surface area contributed by atoms with Crippen LogP contribution in [0.25, 0.3) is 10.8 Å². The Bertz CT molecular complexity index is 911. The summed E-state index contributed by atoms with van der Waals surface area (Å²) in [6, 6.07) is 21.1. The summed E-state index contributed by atoms with van der Waals surface area (Å²) in [5.74, 6) is 0.266. The van der Waals surface area contributed by atoms with Crippen LogP contribution >= 0.6 is 0 Å². The molecule has 2 amide bonds. The number of anilines is 2. The van der Waals surface area contributed by atoms with Gasteiger partial charge in [0.25, 0.3) is 0 Å². The molecule has 1 aliphatic rings. The van der Waals surface area contributed by atoms with Gasteiger partial charge in [-0.25, -0.2) is 4.79 Å². The lowest BCUT2D eigenvalue weighted by Gasteiger charge is -2.36. The molecule has 3 aromatic rings. The number of hydrogen-bond donors (Lipinski definition) is 2. The van der Waals surface area contributed by atoms with Crippen LogP contribution in [0.2, 0.25) is 0 Å². The number of aromatic hydroxyl groups is 1. The van der Waals surface area contributed by atoms with Crippen molar-refractivity contribution < 1.29 is 9.90 Å². The van der Waals surface area contributed by atoms with Gasteiger partial charge >= 0.3 is 6.03 Å². The highest BCUT2D eigenvalue weighted by Gasteiger charge is 2.21. The quantitative estimate of drug-likeness (QED) is 0.739. The van der Waals surface area contributed by atoms with Gasteiger partial charge in [-0.3, -0.25) is 0 Å². The van der Waals surface area contributed by atoms with Gasteiger partial charge in [0.05, 0.1) is 5.69 Å². The minimum absolute atomic E-state index is 0.0632. The molecule has 5 nitrogen and oxygen atoms in total. The highest BCUT2D eigenvalue weighted by molar-refractivity contribution is 6.01. The highest BCUT2D eigenvalue weighted by atomic mass is 16.3. The van der Waals surface area contributed by atoms with Crippen molar-refractivity contribution in [3.05, 3.63) is 66.7 Å². The van der Waals surface area contributed by atoms with Crippen molar-refractivity contribution in [1.82, 2.24) is 4.90 Å². The number of phenols is 1. The number of benzene rings is 3. The predicted molar refractivity (Wildman–Crippen MR) is 105 cm³/mol. The number of hydrogen-bond acceptors (Lipinski definition) is 3. The minimum Gasteiger partial charge on any atom is -0.508 e. The van der Waals surface area contributed by atoms with Gasteiger partial charge in [-0.15, -0.1) is 0 Å². The number of piperazine rings is 1. The maximum atomic E-state index is 12.7. The summed E-state index contributed by atoms with van der Waals surface area (Å²) in [7, 11) is 0. The molecular formula is C21H21N3O2. The SMILES string of the molecule is O=C(Nc1cccc2ccccc12)N1CCN(c2ccc(O)cc2)CC1. The molecule has 0 unspecified atom stereocenters. The zero-order valence-electron chi connectivity index (χ0n) is 14.4. The fraction of sp³-hybridized carbons (Fsp3) is 0.190. The topological polar surface area (TPSA) is 55.8 Å². The van der Waals surface area contributed by atoms with Gasteiger partial charge in [0, 0.05) is 37.3 Å². The molecule has 1 aliphatic heterocycles. The number of carbonyl (C=O) groups is 1. The molecule has 0 aromatic heterocycles. The normalized spacial score (nSPS) is 14.5. The van der Waals surface area contributed by atoms with E-state index >= 15 is 0 Å². The molecule has 132 valence electrons. The van der Waals surface area contributed by atoms with E-state index in [1.165, 1.54) is 0 Å². The number of amides is 2. The van der Waals surface area contributed by atoms with Crippen LogP contribution < -0.4 is 10.2 Å².